The minimum atomic E-state index is -0.571. The van der Waals surface area contributed by atoms with E-state index in [1.807, 2.05) is 0 Å². The third kappa shape index (κ3) is 1.67. The number of halogens is 1. The Morgan fingerprint density at radius 1 is 0.696 bits per heavy atom. The summed E-state index contributed by atoms with van der Waals surface area (Å²) in [5.74, 6) is -1.73. The van der Waals surface area contributed by atoms with Crippen LogP contribution in [0, 0.1) is 0 Å². The lowest BCUT2D eigenvalue weighted by molar-refractivity contribution is 0.0975. The van der Waals surface area contributed by atoms with Gasteiger partial charge in [-0.3, -0.25) is 9.59 Å². The summed E-state index contributed by atoms with van der Waals surface area (Å²) in [7, 11) is 0. The molecule has 0 amide bonds. The van der Waals surface area contributed by atoms with Crippen LogP contribution in [0.2, 0.25) is 5.02 Å². The van der Waals surface area contributed by atoms with E-state index in [0.29, 0.717) is 10.8 Å². The number of benzene rings is 3. The Labute approximate surface area is 135 Å². The normalized spacial score (nSPS) is 13.1. The molecule has 0 spiro atoms. The molecular formula is C18H9ClO4. The Kier molecular flexibility index (Phi) is 2.74. The molecule has 0 unspecified atom stereocenters. The predicted octanol–water partition coefficient (Wildman–Crippen LogP) is 3.68. The second-order valence-corrected chi connectivity index (χ2v) is 5.72. The van der Waals surface area contributed by atoms with Gasteiger partial charge in [0, 0.05) is 16.3 Å². The molecule has 0 atom stereocenters. The van der Waals surface area contributed by atoms with Crippen molar-refractivity contribution < 1.29 is 19.8 Å². The van der Waals surface area contributed by atoms with Crippen LogP contribution in [-0.2, 0) is 0 Å². The Morgan fingerprint density at radius 2 is 1.26 bits per heavy atom. The van der Waals surface area contributed by atoms with E-state index >= 15 is 0 Å². The lowest BCUT2D eigenvalue weighted by Gasteiger charge is -2.21. The molecule has 5 heteroatoms. The van der Waals surface area contributed by atoms with Gasteiger partial charge in [-0.05, 0) is 6.07 Å². The number of phenolic OH excluding ortho intramolecular Hbond substituents is 2. The van der Waals surface area contributed by atoms with Crippen LogP contribution >= 0.6 is 11.6 Å². The van der Waals surface area contributed by atoms with E-state index in [2.05, 4.69) is 0 Å². The van der Waals surface area contributed by atoms with Crippen LogP contribution in [0.1, 0.15) is 31.8 Å². The number of carbonyl (C=O) groups excluding carboxylic acids is 2. The number of rotatable bonds is 0. The van der Waals surface area contributed by atoms with Crippen LogP contribution in [0.15, 0.2) is 42.5 Å². The topological polar surface area (TPSA) is 74.6 Å². The Hall–Kier alpha value is -2.85. The van der Waals surface area contributed by atoms with Crippen molar-refractivity contribution >= 4 is 33.9 Å². The maximum atomic E-state index is 12.8. The summed E-state index contributed by atoms with van der Waals surface area (Å²) < 4.78 is 0. The highest BCUT2D eigenvalue weighted by Gasteiger charge is 2.37. The van der Waals surface area contributed by atoms with Crippen LogP contribution in [0.4, 0.5) is 0 Å². The third-order valence-electron chi connectivity index (χ3n) is 4.10. The van der Waals surface area contributed by atoms with E-state index in [1.165, 1.54) is 12.1 Å². The summed E-state index contributed by atoms with van der Waals surface area (Å²) >= 11 is 6.06. The highest BCUT2D eigenvalue weighted by molar-refractivity contribution is 6.40. The molecule has 0 aliphatic heterocycles. The number of aromatic hydroxyl groups is 2. The molecule has 0 bridgehead atoms. The van der Waals surface area contributed by atoms with Crippen LogP contribution in [0.3, 0.4) is 0 Å². The van der Waals surface area contributed by atoms with Gasteiger partial charge in [0.15, 0.2) is 11.6 Å². The van der Waals surface area contributed by atoms with Crippen molar-refractivity contribution in [1.29, 1.82) is 0 Å². The van der Waals surface area contributed by atoms with E-state index in [0.717, 1.165) is 0 Å². The van der Waals surface area contributed by atoms with E-state index in [9.17, 15) is 19.8 Å². The van der Waals surface area contributed by atoms with Crippen molar-refractivity contribution in [2.75, 3.05) is 0 Å². The van der Waals surface area contributed by atoms with Crippen molar-refractivity contribution in [2.24, 2.45) is 0 Å². The first-order valence-electron chi connectivity index (χ1n) is 6.87. The van der Waals surface area contributed by atoms with Gasteiger partial charge in [0.05, 0.1) is 21.7 Å². The molecule has 0 radical (unpaired) electrons. The first kappa shape index (κ1) is 13.8. The Morgan fingerprint density at radius 3 is 1.87 bits per heavy atom. The number of ketones is 2. The molecule has 23 heavy (non-hydrogen) atoms. The zero-order valence-corrected chi connectivity index (χ0v) is 12.4. The van der Waals surface area contributed by atoms with E-state index in [-0.39, 0.29) is 38.8 Å². The summed E-state index contributed by atoms with van der Waals surface area (Å²) in [5.41, 5.74) is -0.204. The fourth-order valence-electron chi connectivity index (χ4n) is 3.05. The molecule has 1 aliphatic carbocycles. The van der Waals surface area contributed by atoms with Gasteiger partial charge in [-0.25, -0.2) is 0 Å². The molecule has 1 aliphatic rings. The largest absolute Gasteiger partial charge is 0.506 e. The monoisotopic (exact) mass is 324 g/mol. The summed E-state index contributed by atoms with van der Waals surface area (Å²) in [5, 5.41) is 21.7. The molecule has 0 fully saturated rings. The lowest BCUT2D eigenvalue weighted by Crippen LogP contribution is -2.21. The predicted molar refractivity (Wildman–Crippen MR) is 85.6 cm³/mol. The van der Waals surface area contributed by atoms with Gasteiger partial charge in [-0.1, -0.05) is 48.0 Å². The average Bonchev–Trinajstić information content (AvgIpc) is 2.55. The molecule has 3 aromatic rings. The van der Waals surface area contributed by atoms with Crippen molar-refractivity contribution in [1.82, 2.24) is 0 Å². The smallest absolute Gasteiger partial charge is 0.199 e. The van der Waals surface area contributed by atoms with Gasteiger partial charge in [0.2, 0.25) is 0 Å². The molecule has 2 N–H and O–H groups in total. The molecule has 4 rings (SSSR count). The van der Waals surface area contributed by atoms with Crippen molar-refractivity contribution in [3.8, 4) is 11.5 Å². The van der Waals surface area contributed by atoms with Gasteiger partial charge in [0.1, 0.15) is 11.5 Å². The maximum absolute atomic E-state index is 12.8. The van der Waals surface area contributed by atoms with Crippen molar-refractivity contribution in [3.05, 3.63) is 69.7 Å². The zero-order valence-electron chi connectivity index (χ0n) is 11.6. The van der Waals surface area contributed by atoms with Crippen LogP contribution in [0.25, 0.3) is 10.8 Å². The molecule has 3 aromatic carbocycles. The number of carbonyl (C=O) groups is 2. The van der Waals surface area contributed by atoms with Gasteiger partial charge in [-0.15, -0.1) is 0 Å². The molecule has 0 heterocycles. The molecule has 0 aromatic heterocycles. The number of hydrogen-bond acceptors (Lipinski definition) is 4. The fraction of sp³-hybridized carbons (Fsp3) is 0. The molecular weight excluding hydrogens is 316 g/mol. The van der Waals surface area contributed by atoms with Crippen LogP contribution in [-0.4, -0.2) is 21.8 Å². The SMILES string of the molecule is O=C1c2cccc(Cl)c2C(=O)c2c1c(O)c1ccccc1c2O. The highest BCUT2D eigenvalue weighted by atomic mass is 35.5. The maximum Gasteiger partial charge on any atom is 0.199 e. The fourth-order valence-corrected chi connectivity index (χ4v) is 3.31. The van der Waals surface area contributed by atoms with E-state index in [4.69, 9.17) is 11.6 Å². The first-order valence-corrected chi connectivity index (χ1v) is 7.24. The summed E-state index contributed by atoms with van der Waals surface area (Å²) in [6.07, 6.45) is 0. The third-order valence-corrected chi connectivity index (χ3v) is 4.42. The molecule has 4 nitrogen and oxygen atoms in total. The van der Waals surface area contributed by atoms with Crippen molar-refractivity contribution in [2.45, 2.75) is 0 Å². The first-order chi connectivity index (χ1) is 11.0. The Bertz CT molecular complexity index is 1040. The second-order valence-electron chi connectivity index (χ2n) is 5.31. The molecule has 0 saturated carbocycles. The number of fused-ring (bicyclic) bond motifs is 3. The van der Waals surface area contributed by atoms with Gasteiger partial charge >= 0.3 is 0 Å². The summed E-state index contributed by atoms with van der Waals surface area (Å²) in [6.45, 7) is 0. The molecule has 0 saturated heterocycles. The Balaban J connectivity index is 2.20. The minimum absolute atomic E-state index is 0.0525. The van der Waals surface area contributed by atoms with Crippen LogP contribution in [0.5, 0.6) is 11.5 Å². The zero-order chi connectivity index (χ0) is 16.3. The minimum Gasteiger partial charge on any atom is -0.506 e. The lowest BCUT2D eigenvalue weighted by atomic mass is 9.81. The van der Waals surface area contributed by atoms with Gasteiger partial charge in [0.25, 0.3) is 0 Å². The summed E-state index contributed by atoms with van der Waals surface area (Å²) in [4.78, 5) is 25.5. The number of hydrogen-bond donors (Lipinski definition) is 2. The summed E-state index contributed by atoms with van der Waals surface area (Å²) in [6, 6.07) is 11.1. The van der Waals surface area contributed by atoms with Crippen LogP contribution < -0.4 is 0 Å². The van der Waals surface area contributed by atoms with Crippen molar-refractivity contribution in [3.63, 3.8) is 0 Å². The van der Waals surface area contributed by atoms with E-state index < -0.39 is 11.6 Å². The second kappa shape index (κ2) is 4.57. The van der Waals surface area contributed by atoms with E-state index in [1.54, 1.807) is 30.3 Å². The quantitative estimate of drug-likeness (QED) is 0.484. The standard InChI is InChI=1S/C18H9ClO4/c19-11-7-3-6-10-12(11)18(23)14-13(17(10)22)15(20)8-4-1-2-5-9(8)16(14)21/h1-7,20-21H. The van der Waals surface area contributed by atoms with Gasteiger partial charge < -0.3 is 10.2 Å². The number of phenols is 2. The highest BCUT2D eigenvalue weighted by Crippen LogP contribution is 2.45. The van der Waals surface area contributed by atoms with Gasteiger partial charge in [-0.2, -0.15) is 0 Å². The molecule has 112 valence electrons. The average molecular weight is 325 g/mol.